The van der Waals surface area contributed by atoms with Crippen LogP contribution in [-0.4, -0.2) is 34.4 Å². The van der Waals surface area contributed by atoms with Crippen molar-refractivity contribution in [1.29, 1.82) is 0 Å². The lowest BCUT2D eigenvalue weighted by Gasteiger charge is -2.33. The largest absolute Gasteiger partial charge is 0.307 e. The molecule has 2 bridgehead atoms. The highest BCUT2D eigenvalue weighted by Gasteiger charge is 2.49. The zero-order valence-electron chi connectivity index (χ0n) is 13.3. The zero-order chi connectivity index (χ0) is 16.3. The molecule has 0 spiro atoms. The Morgan fingerprint density at radius 2 is 2.25 bits per heavy atom. The number of amides is 1. The van der Waals surface area contributed by atoms with Gasteiger partial charge in [-0.1, -0.05) is 0 Å². The molecule has 0 radical (unpaired) electrons. The lowest BCUT2D eigenvalue weighted by Crippen LogP contribution is -2.50. The van der Waals surface area contributed by atoms with Gasteiger partial charge in [0.25, 0.3) is 0 Å². The topological polar surface area (TPSA) is 36.4 Å². The summed E-state index contributed by atoms with van der Waals surface area (Å²) in [5.74, 6) is 0.243. The van der Waals surface area contributed by atoms with Crippen LogP contribution in [-0.2, 0) is 11.3 Å². The summed E-state index contributed by atoms with van der Waals surface area (Å²) >= 11 is 3.42. The molecular formula is C18H17N3OS2. The quantitative estimate of drug-likeness (QED) is 0.719. The van der Waals surface area contributed by atoms with E-state index in [4.69, 9.17) is 0 Å². The van der Waals surface area contributed by atoms with E-state index in [1.165, 1.54) is 10.3 Å². The van der Waals surface area contributed by atoms with Gasteiger partial charge in [0.2, 0.25) is 5.91 Å². The number of aromatic nitrogens is 1. The Morgan fingerprint density at radius 1 is 1.33 bits per heavy atom. The second-order valence-electron chi connectivity index (χ2n) is 6.56. The molecule has 24 heavy (non-hydrogen) atoms. The molecule has 2 aliphatic heterocycles. The average Bonchev–Trinajstić information content (AvgIpc) is 3.30. The molecule has 2 aromatic heterocycles. The first kappa shape index (κ1) is 14.6. The number of piperazine rings is 1. The Balaban J connectivity index is 1.41. The molecule has 1 amide bonds. The molecule has 4 nitrogen and oxygen atoms in total. The van der Waals surface area contributed by atoms with E-state index < -0.39 is 0 Å². The number of fused-ring (bicyclic) bond motifs is 3. The lowest BCUT2D eigenvalue weighted by molar-refractivity contribution is -0.122. The summed E-state index contributed by atoms with van der Waals surface area (Å²) in [7, 11) is 0. The monoisotopic (exact) mass is 355 g/mol. The molecule has 0 N–H and O–H groups in total. The van der Waals surface area contributed by atoms with Gasteiger partial charge in [-0.25, -0.2) is 4.98 Å². The first-order valence-corrected chi connectivity index (χ1v) is 9.90. The molecule has 5 rings (SSSR count). The van der Waals surface area contributed by atoms with Crippen molar-refractivity contribution in [3.8, 4) is 0 Å². The van der Waals surface area contributed by atoms with Crippen LogP contribution in [0.3, 0.4) is 0 Å². The molecule has 2 aliphatic rings. The Hall–Kier alpha value is -1.76. The van der Waals surface area contributed by atoms with Crippen LogP contribution in [0.5, 0.6) is 0 Å². The van der Waals surface area contributed by atoms with Crippen molar-refractivity contribution in [2.24, 2.45) is 0 Å². The molecule has 3 aromatic rings. The van der Waals surface area contributed by atoms with E-state index in [9.17, 15) is 4.79 Å². The van der Waals surface area contributed by atoms with Gasteiger partial charge in [-0.2, -0.15) is 11.3 Å². The molecule has 4 heterocycles. The number of thiophene rings is 1. The number of thiazole rings is 1. The maximum absolute atomic E-state index is 12.9. The van der Waals surface area contributed by atoms with Crippen molar-refractivity contribution in [2.75, 3.05) is 11.4 Å². The molecule has 2 saturated heterocycles. The predicted molar refractivity (Wildman–Crippen MR) is 98.8 cm³/mol. The van der Waals surface area contributed by atoms with E-state index in [-0.39, 0.29) is 11.9 Å². The van der Waals surface area contributed by atoms with Crippen LogP contribution < -0.4 is 4.90 Å². The van der Waals surface area contributed by atoms with E-state index in [2.05, 4.69) is 44.9 Å². The second-order valence-corrected chi connectivity index (χ2v) is 8.57. The minimum Gasteiger partial charge on any atom is -0.307 e. The van der Waals surface area contributed by atoms with E-state index in [1.54, 1.807) is 22.7 Å². The van der Waals surface area contributed by atoms with Crippen LogP contribution in [0.2, 0.25) is 0 Å². The van der Waals surface area contributed by atoms with Gasteiger partial charge in [-0.15, -0.1) is 11.3 Å². The Labute approximate surface area is 148 Å². The van der Waals surface area contributed by atoms with Gasteiger partial charge in [0, 0.05) is 18.8 Å². The molecule has 6 heteroatoms. The summed E-state index contributed by atoms with van der Waals surface area (Å²) in [6, 6.07) is 8.71. The average molecular weight is 355 g/mol. The summed E-state index contributed by atoms with van der Waals surface area (Å²) in [5.41, 5.74) is 3.31. The predicted octanol–water partition coefficient (Wildman–Crippen LogP) is 3.66. The third-order valence-electron chi connectivity index (χ3n) is 4.99. The first-order valence-electron chi connectivity index (χ1n) is 8.14. The maximum atomic E-state index is 12.9. The van der Waals surface area contributed by atoms with E-state index in [0.29, 0.717) is 6.04 Å². The smallest absolute Gasteiger partial charge is 0.244 e. The molecule has 0 aliphatic carbocycles. The number of hydrogen-bond acceptors (Lipinski definition) is 5. The number of carbonyl (C=O) groups excluding carboxylic acids is 1. The molecule has 2 atom stereocenters. The summed E-state index contributed by atoms with van der Waals surface area (Å²) in [6.45, 7) is 3.87. The highest BCUT2D eigenvalue weighted by Crippen LogP contribution is 2.38. The summed E-state index contributed by atoms with van der Waals surface area (Å²) in [5, 5.41) is 5.34. The number of aryl methyl sites for hydroxylation is 1. The van der Waals surface area contributed by atoms with Gasteiger partial charge >= 0.3 is 0 Å². The van der Waals surface area contributed by atoms with Crippen molar-refractivity contribution < 1.29 is 4.79 Å². The van der Waals surface area contributed by atoms with Crippen molar-refractivity contribution in [1.82, 2.24) is 9.88 Å². The molecule has 0 saturated carbocycles. The first-order chi connectivity index (χ1) is 11.7. The molecular weight excluding hydrogens is 338 g/mol. The lowest BCUT2D eigenvalue weighted by atomic mass is 10.2. The van der Waals surface area contributed by atoms with Crippen LogP contribution in [0.4, 0.5) is 5.69 Å². The zero-order valence-corrected chi connectivity index (χ0v) is 14.9. The SMILES string of the molecule is Cc1nc2cc(N3C(=O)[C@@H]4C[C@H]3CN4Cc3ccsc3)ccc2s1. The number of hydrogen-bond donors (Lipinski definition) is 0. The number of rotatable bonds is 3. The summed E-state index contributed by atoms with van der Waals surface area (Å²) in [6.07, 6.45) is 0.942. The van der Waals surface area contributed by atoms with Gasteiger partial charge in [-0.05, 0) is 53.9 Å². The van der Waals surface area contributed by atoms with Crippen molar-refractivity contribution >= 4 is 44.5 Å². The second kappa shape index (κ2) is 5.37. The maximum Gasteiger partial charge on any atom is 0.244 e. The Bertz CT molecular complexity index is 918. The van der Waals surface area contributed by atoms with Gasteiger partial charge in [0.05, 0.1) is 27.3 Å². The van der Waals surface area contributed by atoms with Crippen molar-refractivity contribution in [3.63, 3.8) is 0 Å². The fraction of sp³-hybridized carbons (Fsp3) is 0.333. The number of benzene rings is 1. The number of anilines is 1. The molecule has 2 fully saturated rings. The van der Waals surface area contributed by atoms with Crippen LogP contribution in [0.1, 0.15) is 17.0 Å². The molecule has 0 unspecified atom stereocenters. The highest BCUT2D eigenvalue weighted by atomic mass is 32.1. The van der Waals surface area contributed by atoms with E-state index >= 15 is 0 Å². The third kappa shape index (κ3) is 2.21. The Kier molecular flexibility index (Phi) is 3.26. The van der Waals surface area contributed by atoms with Crippen molar-refractivity contribution in [2.45, 2.75) is 32.0 Å². The van der Waals surface area contributed by atoms with Gasteiger partial charge in [0.1, 0.15) is 0 Å². The normalized spacial score (nSPS) is 23.7. The van der Waals surface area contributed by atoms with Crippen LogP contribution >= 0.6 is 22.7 Å². The Morgan fingerprint density at radius 3 is 3.04 bits per heavy atom. The van der Waals surface area contributed by atoms with Gasteiger partial charge in [-0.3, -0.25) is 9.69 Å². The van der Waals surface area contributed by atoms with Gasteiger partial charge < -0.3 is 4.90 Å². The van der Waals surface area contributed by atoms with Crippen LogP contribution in [0.25, 0.3) is 10.2 Å². The molecule has 1 aromatic carbocycles. The van der Waals surface area contributed by atoms with Gasteiger partial charge in [0.15, 0.2) is 0 Å². The van der Waals surface area contributed by atoms with E-state index in [1.807, 2.05) is 11.8 Å². The summed E-state index contributed by atoms with van der Waals surface area (Å²) in [4.78, 5) is 21.8. The van der Waals surface area contributed by atoms with Crippen LogP contribution in [0, 0.1) is 6.92 Å². The number of nitrogens with zero attached hydrogens (tertiary/aromatic N) is 3. The number of carbonyl (C=O) groups is 1. The fourth-order valence-corrected chi connectivity index (χ4v) is 5.44. The summed E-state index contributed by atoms with van der Waals surface area (Å²) < 4.78 is 1.19. The minimum absolute atomic E-state index is 0.0303. The third-order valence-corrected chi connectivity index (χ3v) is 6.67. The van der Waals surface area contributed by atoms with Crippen LogP contribution in [0.15, 0.2) is 35.0 Å². The fourth-order valence-electron chi connectivity index (χ4n) is 3.97. The minimum atomic E-state index is 0.0303. The van der Waals surface area contributed by atoms with Crippen molar-refractivity contribution in [3.05, 3.63) is 45.6 Å². The highest BCUT2D eigenvalue weighted by molar-refractivity contribution is 7.18. The standard InChI is InChI=1S/C18H17N3OS2/c1-11-19-15-6-13(2-3-17(15)24-11)21-14-7-16(18(21)22)20(9-14)8-12-4-5-23-10-12/h2-6,10,14,16H,7-9H2,1H3/t14-,16-/m0/s1. The van der Waals surface area contributed by atoms with E-state index in [0.717, 1.165) is 35.7 Å². The molecule has 122 valence electrons. The number of likely N-dealkylation sites (tertiary alicyclic amines) is 1.